The minimum atomic E-state index is -0.298. The standard InChI is InChI=1S/C16H20N2O3/c1-11-7-18(8-12(10-19)21-11)16(20)14-9-17(2)15-6-4-3-5-13(14)15/h3-6,9,11-12,19H,7-8,10H2,1-2H3. The number of aryl methyl sites for hydroxylation is 1. The van der Waals surface area contributed by atoms with E-state index in [0.717, 1.165) is 10.9 Å². The van der Waals surface area contributed by atoms with Crippen molar-refractivity contribution in [3.63, 3.8) is 0 Å². The van der Waals surface area contributed by atoms with Gasteiger partial charge in [0.2, 0.25) is 0 Å². The summed E-state index contributed by atoms with van der Waals surface area (Å²) < 4.78 is 7.56. The lowest BCUT2D eigenvalue weighted by Crippen LogP contribution is -2.50. The number of benzene rings is 1. The quantitative estimate of drug-likeness (QED) is 0.909. The second-order valence-electron chi connectivity index (χ2n) is 5.63. The zero-order chi connectivity index (χ0) is 15.0. The van der Waals surface area contributed by atoms with Crippen LogP contribution in [0.4, 0.5) is 0 Å². The maximum atomic E-state index is 12.8. The Hall–Kier alpha value is -1.85. The molecule has 3 rings (SSSR count). The Morgan fingerprint density at radius 1 is 1.38 bits per heavy atom. The smallest absolute Gasteiger partial charge is 0.256 e. The number of carbonyl (C=O) groups excluding carboxylic acids is 1. The number of aliphatic hydroxyl groups is 1. The normalized spacial score (nSPS) is 22.7. The highest BCUT2D eigenvalue weighted by molar-refractivity contribution is 6.07. The Balaban J connectivity index is 1.93. The van der Waals surface area contributed by atoms with E-state index in [-0.39, 0.29) is 24.7 Å². The molecule has 1 aliphatic heterocycles. The number of fused-ring (bicyclic) bond motifs is 1. The molecule has 1 fully saturated rings. The fourth-order valence-electron chi connectivity index (χ4n) is 2.99. The molecule has 0 spiro atoms. The third kappa shape index (κ3) is 2.54. The highest BCUT2D eigenvalue weighted by Gasteiger charge is 2.29. The van der Waals surface area contributed by atoms with Gasteiger partial charge in [0.1, 0.15) is 0 Å². The number of para-hydroxylation sites is 1. The number of aliphatic hydroxyl groups excluding tert-OH is 1. The summed E-state index contributed by atoms with van der Waals surface area (Å²) in [6, 6.07) is 7.88. The SMILES string of the molecule is CC1CN(C(=O)c2cn(C)c3ccccc23)CC(CO)O1. The molecule has 0 bridgehead atoms. The van der Waals surface area contributed by atoms with E-state index in [1.807, 2.05) is 49.0 Å². The molecule has 2 unspecified atom stereocenters. The lowest BCUT2D eigenvalue weighted by Gasteiger charge is -2.36. The molecule has 2 aromatic rings. The van der Waals surface area contributed by atoms with E-state index in [1.54, 1.807) is 4.90 Å². The highest BCUT2D eigenvalue weighted by Crippen LogP contribution is 2.23. The van der Waals surface area contributed by atoms with Gasteiger partial charge in [-0.2, -0.15) is 0 Å². The third-order valence-corrected chi connectivity index (χ3v) is 3.94. The molecule has 5 heteroatoms. The van der Waals surface area contributed by atoms with E-state index in [0.29, 0.717) is 18.7 Å². The number of aromatic nitrogens is 1. The van der Waals surface area contributed by atoms with E-state index < -0.39 is 0 Å². The van der Waals surface area contributed by atoms with Gasteiger partial charge in [-0.15, -0.1) is 0 Å². The van der Waals surface area contributed by atoms with Crippen LogP contribution < -0.4 is 0 Å². The molecule has 1 aliphatic rings. The predicted octanol–water partition coefficient (Wildman–Crippen LogP) is 1.40. The summed E-state index contributed by atoms with van der Waals surface area (Å²) in [7, 11) is 1.94. The van der Waals surface area contributed by atoms with Crippen LogP contribution in [0.1, 0.15) is 17.3 Å². The van der Waals surface area contributed by atoms with Crippen molar-refractivity contribution in [2.24, 2.45) is 7.05 Å². The summed E-state index contributed by atoms with van der Waals surface area (Å²) in [5, 5.41) is 10.3. The van der Waals surface area contributed by atoms with Crippen molar-refractivity contribution >= 4 is 16.8 Å². The molecular weight excluding hydrogens is 268 g/mol. The summed E-state index contributed by atoms with van der Waals surface area (Å²) >= 11 is 0. The highest BCUT2D eigenvalue weighted by atomic mass is 16.5. The van der Waals surface area contributed by atoms with Crippen LogP contribution in [0.25, 0.3) is 10.9 Å². The minimum absolute atomic E-state index is 0.000370. The number of hydrogen-bond acceptors (Lipinski definition) is 3. The van der Waals surface area contributed by atoms with Gasteiger partial charge in [-0.25, -0.2) is 0 Å². The first-order chi connectivity index (χ1) is 10.1. The van der Waals surface area contributed by atoms with Crippen molar-refractivity contribution in [2.75, 3.05) is 19.7 Å². The molecule has 0 aliphatic carbocycles. The first-order valence-electron chi connectivity index (χ1n) is 7.19. The Morgan fingerprint density at radius 2 is 2.14 bits per heavy atom. The predicted molar refractivity (Wildman–Crippen MR) is 80.2 cm³/mol. The number of amides is 1. The summed E-state index contributed by atoms with van der Waals surface area (Å²) in [5.41, 5.74) is 1.75. The molecule has 1 aromatic heterocycles. The Labute approximate surface area is 123 Å². The minimum Gasteiger partial charge on any atom is -0.394 e. The van der Waals surface area contributed by atoms with Gasteiger partial charge >= 0.3 is 0 Å². The molecule has 112 valence electrons. The Kier molecular flexibility index (Phi) is 3.69. The van der Waals surface area contributed by atoms with E-state index in [4.69, 9.17) is 4.74 Å². The number of carbonyl (C=O) groups is 1. The van der Waals surface area contributed by atoms with Gasteiger partial charge in [-0.1, -0.05) is 18.2 Å². The van der Waals surface area contributed by atoms with Crippen molar-refractivity contribution in [3.05, 3.63) is 36.0 Å². The van der Waals surface area contributed by atoms with Crippen molar-refractivity contribution < 1.29 is 14.6 Å². The first-order valence-corrected chi connectivity index (χ1v) is 7.19. The number of nitrogens with zero attached hydrogens (tertiary/aromatic N) is 2. The third-order valence-electron chi connectivity index (χ3n) is 3.94. The second kappa shape index (κ2) is 5.50. The molecule has 5 nitrogen and oxygen atoms in total. The van der Waals surface area contributed by atoms with Crippen LogP contribution in [0.5, 0.6) is 0 Å². The van der Waals surface area contributed by atoms with Gasteiger partial charge in [0, 0.05) is 37.2 Å². The molecule has 1 N–H and O–H groups in total. The Morgan fingerprint density at radius 3 is 2.90 bits per heavy atom. The van der Waals surface area contributed by atoms with E-state index >= 15 is 0 Å². The van der Waals surface area contributed by atoms with E-state index in [9.17, 15) is 9.90 Å². The van der Waals surface area contributed by atoms with Crippen molar-refractivity contribution in [2.45, 2.75) is 19.1 Å². The molecule has 0 radical (unpaired) electrons. The number of rotatable bonds is 2. The number of ether oxygens (including phenoxy) is 1. The maximum absolute atomic E-state index is 12.8. The van der Waals surface area contributed by atoms with Crippen LogP contribution in [0.3, 0.4) is 0 Å². The van der Waals surface area contributed by atoms with E-state index in [2.05, 4.69) is 0 Å². The van der Waals surface area contributed by atoms with Crippen molar-refractivity contribution in [1.29, 1.82) is 0 Å². The fraction of sp³-hybridized carbons (Fsp3) is 0.438. The van der Waals surface area contributed by atoms with Crippen LogP contribution in [-0.4, -0.2) is 52.4 Å². The van der Waals surface area contributed by atoms with Gasteiger partial charge in [-0.05, 0) is 13.0 Å². The molecule has 2 heterocycles. The van der Waals surface area contributed by atoms with Gasteiger partial charge in [-0.3, -0.25) is 4.79 Å². The summed E-state index contributed by atoms with van der Waals surface area (Å²) in [4.78, 5) is 14.6. The van der Waals surface area contributed by atoms with Crippen LogP contribution >= 0.6 is 0 Å². The van der Waals surface area contributed by atoms with Crippen LogP contribution in [-0.2, 0) is 11.8 Å². The largest absolute Gasteiger partial charge is 0.394 e. The zero-order valence-electron chi connectivity index (χ0n) is 12.3. The summed E-state index contributed by atoms with van der Waals surface area (Å²) in [6.07, 6.45) is 1.52. The van der Waals surface area contributed by atoms with Crippen LogP contribution in [0.15, 0.2) is 30.5 Å². The Bertz CT molecular complexity index is 665. The lowest BCUT2D eigenvalue weighted by atomic mass is 10.1. The average molecular weight is 288 g/mol. The number of morpholine rings is 1. The topological polar surface area (TPSA) is 54.7 Å². The van der Waals surface area contributed by atoms with Gasteiger partial charge < -0.3 is 19.3 Å². The van der Waals surface area contributed by atoms with Crippen LogP contribution in [0.2, 0.25) is 0 Å². The van der Waals surface area contributed by atoms with Gasteiger partial charge in [0.25, 0.3) is 5.91 Å². The summed E-state index contributed by atoms with van der Waals surface area (Å²) in [5.74, 6) is 0.000370. The van der Waals surface area contributed by atoms with E-state index in [1.165, 1.54) is 0 Å². The molecular formula is C16H20N2O3. The monoisotopic (exact) mass is 288 g/mol. The molecule has 2 atom stereocenters. The molecule has 1 saturated heterocycles. The van der Waals surface area contributed by atoms with Crippen molar-refractivity contribution in [3.8, 4) is 0 Å². The second-order valence-corrected chi connectivity index (χ2v) is 5.63. The van der Waals surface area contributed by atoms with Crippen molar-refractivity contribution in [1.82, 2.24) is 9.47 Å². The maximum Gasteiger partial charge on any atom is 0.256 e. The summed E-state index contributed by atoms with van der Waals surface area (Å²) in [6.45, 7) is 2.84. The molecule has 1 amide bonds. The molecule has 21 heavy (non-hydrogen) atoms. The van der Waals surface area contributed by atoms with Crippen LogP contribution in [0, 0.1) is 0 Å². The average Bonchev–Trinajstić information content (AvgIpc) is 2.83. The fourth-order valence-corrected chi connectivity index (χ4v) is 2.99. The first kappa shape index (κ1) is 14.1. The molecule has 0 saturated carbocycles. The lowest BCUT2D eigenvalue weighted by molar-refractivity contribution is -0.0858. The van der Waals surface area contributed by atoms with Gasteiger partial charge in [0.15, 0.2) is 0 Å². The number of hydrogen-bond donors (Lipinski definition) is 1. The van der Waals surface area contributed by atoms with Gasteiger partial charge in [0.05, 0.1) is 24.4 Å². The zero-order valence-corrected chi connectivity index (χ0v) is 12.3. The molecule has 1 aromatic carbocycles.